The van der Waals surface area contributed by atoms with Gasteiger partial charge < -0.3 is 15.7 Å². The van der Waals surface area contributed by atoms with Gasteiger partial charge in [0.1, 0.15) is 5.82 Å². The predicted octanol–water partition coefficient (Wildman–Crippen LogP) is 2.06. The lowest BCUT2D eigenvalue weighted by Gasteiger charge is -2.13. The molecule has 7 heteroatoms. The molecule has 1 heterocycles. The van der Waals surface area contributed by atoms with Crippen LogP contribution in [0.2, 0.25) is 0 Å². The molecule has 1 aromatic carbocycles. The van der Waals surface area contributed by atoms with Gasteiger partial charge in [-0.3, -0.25) is 4.68 Å². The van der Waals surface area contributed by atoms with E-state index in [2.05, 4.69) is 15.7 Å². The Hall–Kier alpha value is -2.41. The molecule has 0 aliphatic rings. The molecular weight excluding hydrogens is 311 g/mol. The highest BCUT2D eigenvalue weighted by Gasteiger charge is 2.09. The Bertz CT molecular complexity index is 670. The number of halogens is 1. The maximum absolute atomic E-state index is 12.8. The number of carbonyl (C=O) groups excluding carboxylic acids is 1. The molecule has 0 fully saturated rings. The summed E-state index contributed by atoms with van der Waals surface area (Å²) in [5.41, 5.74) is 2.63. The summed E-state index contributed by atoms with van der Waals surface area (Å²) in [7, 11) is 0. The number of benzene rings is 1. The number of nitrogens with one attached hydrogen (secondary N) is 2. The fourth-order valence-corrected chi connectivity index (χ4v) is 2.39. The number of amides is 2. The first-order valence-corrected chi connectivity index (χ1v) is 7.92. The molecule has 3 N–H and O–H groups in total. The number of aliphatic hydroxyl groups is 1. The zero-order valence-electron chi connectivity index (χ0n) is 13.9. The van der Waals surface area contributed by atoms with Crippen LogP contribution >= 0.6 is 0 Å². The van der Waals surface area contributed by atoms with Crippen molar-refractivity contribution in [2.24, 2.45) is 0 Å². The lowest BCUT2D eigenvalue weighted by molar-refractivity contribution is 0.173. The van der Waals surface area contributed by atoms with Gasteiger partial charge in [-0.1, -0.05) is 12.1 Å². The number of rotatable bonds is 7. The Kier molecular flexibility index (Phi) is 6.31. The fourth-order valence-electron chi connectivity index (χ4n) is 2.39. The number of aliphatic hydroxyl groups excluding tert-OH is 1. The van der Waals surface area contributed by atoms with Crippen LogP contribution in [0.1, 0.15) is 29.5 Å². The van der Waals surface area contributed by atoms with Crippen molar-refractivity contribution in [3.8, 4) is 0 Å². The van der Waals surface area contributed by atoms with E-state index in [-0.39, 0.29) is 18.4 Å². The average Bonchev–Trinajstić information content (AvgIpc) is 2.87. The molecule has 0 spiro atoms. The average molecular weight is 334 g/mol. The number of carbonyl (C=O) groups is 1. The Labute approximate surface area is 140 Å². The maximum atomic E-state index is 12.8. The Morgan fingerprint density at radius 2 is 2.00 bits per heavy atom. The summed E-state index contributed by atoms with van der Waals surface area (Å²) < 4.78 is 14.7. The number of hydrogen-bond acceptors (Lipinski definition) is 3. The Morgan fingerprint density at radius 1 is 1.29 bits per heavy atom. The van der Waals surface area contributed by atoms with E-state index in [9.17, 15) is 14.3 Å². The summed E-state index contributed by atoms with van der Waals surface area (Å²) >= 11 is 0. The molecule has 2 rings (SSSR count). The van der Waals surface area contributed by atoms with Gasteiger partial charge in [-0.2, -0.15) is 5.10 Å². The number of urea groups is 1. The minimum absolute atomic E-state index is 0.0644. The standard InChI is InChI=1S/C17H23FN4O2/c1-12-10-13(2)22(21-12)9-3-8-19-17(24)20-11-16(23)14-4-6-15(18)7-5-14/h4-7,10,16,23H,3,8-9,11H2,1-2H3,(H2,19,20,24). The van der Waals surface area contributed by atoms with Crippen molar-refractivity contribution in [1.29, 1.82) is 0 Å². The van der Waals surface area contributed by atoms with Crippen LogP contribution in [-0.4, -0.2) is 34.0 Å². The molecule has 1 atom stereocenters. The van der Waals surface area contributed by atoms with Gasteiger partial charge in [0.05, 0.1) is 11.8 Å². The van der Waals surface area contributed by atoms with Gasteiger partial charge in [-0.25, -0.2) is 9.18 Å². The lowest BCUT2D eigenvalue weighted by atomic mass is 10.1. The number of hydrogen-bond donors (Lipinski definition) is 3. The topological polar surface area (TPSA) is 79.2 Å². The third-order valence-electron chi connectivity index (χ3n) is 3.65. The molecule has 0 radical (unpaired) electrons. The van der Waals surface area contributed by atoms with E-state index >= 15 is 0 Å². The van der Waals surface area contributed by atoms with E-state index in [4.69, 9.17) is 0 Å². The van der Waals surface area contributed by atoms with Crippen molar-refractivity contribution < 1.29 is 14.3 Å². The minimum atomic E-state index is -0.869. The predicted molar refractivity (Wildman–Crippen MR) is 89.1 cm³/mol. The van der Waals surface area contributed by atoms with E-state index in [1.165, 1.54) is 24.3 Å². The van der Waals surface area contributed by atoms with Gasteiger partial charge in [0.25, 0.3) is 0 Å². The third kappa shape index (κ3) is 5.34. The molecule has 24 heavy (non-hydrogen) atoms. The molecule has 130 valence electrons. The van der Waals surface area contributed by atoms with Crippen LogP contribution in [0.5, 0.6) is 0 Å². The van der Waals surface area contributed by atoms with Crippen molar-refractivity contribution in [1.82, 2.24) is 20.4 Å². The molecule has 0 aliphatic heterocycles. The number of aryl methyl sites for hydroxylation is 3. The highest BCUT2D eigenvalue weighted by Crippen LogP contribution is 2.12. The van der Waals surface area contributed by atoms with Crippen molar-refractivity contribution in [3.05, 3.63) is 53.1 Å². The Morgan fingerprint density at radius 3 is 2.62 bits per heavy atom. The van der Waals surface area contributed by atoms with E-state index in [1.807, 2.05) is 24.6 Å². The van der Waals surface area contributed by atoms with Gasteiger partial charge >= 0.3 is 6.03 Å². The first-order chi connectivity index (χ1) is 11.5. The third-order valence-corrected chi connectivity index (χ3v) is 3.65. The summed E-state index contributed by atoms with van der Waals surface area (Å²) in [5.74, 6) is -0.362. The second-order valence-electron chi connectivity index (χ2n) is 5.71. The van der Waals surface area contributed by atoms with Crippen molar-refractivity contribution >= 4 is 6.03 Å². The largest absolute Gasteiger partial charge is 0.387 e. The monoisotopic (exact) mass is 334 g/mol. The van der Waals surface area contributed by atoms with Crippen molar-refractivity contribution in [2.75, 3.05) is 13.1 Å². The first-order valence-electron chi connectivity index (χ1n) is 7.92. The zero-order chi connectivity index (χ0) is 17.5. The number of aromatic nitrogens is 2. The van der Waals surface area contributed by atoms with Gasteiger partial charge in [-0.15, -0.1) is 0 Å². The van der Waals surface area contributed by atoms with Gasteiger partial charge in [0.2, 0.25) is 0 Å². The van der Waals surface area contributed by atoms with Crippen LogP contribution in [0.15, 0.2) is 30.3 Å². The van der Waals surface area contributed by atoms with Crippen LogP contribution in [0.4, 0.5) is 9.18 Å². The molecule has 2 amide bonds. The SMILES string of the molecule is Cc1cc(C)n(CCCNC(=O)NCC(O)c2ccc(F)cc2)n1. The summed E-state index contributed by atoms with van der Waals surface area (Å²) in [6, 6.07) is 7.21. The quantitative estimate of drug-likeness (QED) is 0.678. The van der Waals surface area contributed by atoms with E-state index in [0.717, 1.165) is 24.4 Å². The molecular formula is C17H23FN4O2. The normalized spacial score (nSPS) is 12.0. The molecule has 1 aromatic heterocycles. The van der Waals surface area contributed by atoms with Crippen LogP contribution in [-0.2, 0) is 6.54 Å². The smallest absolute Gasteiger partial charge is 0.314 e. The highest BCUT2D eigenvalue weighted by molar-refractivity contribution is 5.73. The van der Waals surface area contributed by atoms with Gasteiger partial charge in [0, 0.05) is 25.3 Å². The van der Waals surface area contributed by atoms with E-state index in [0.29, 0.717) is 12.1 Å². The van der Waals surface area contributed by atoms with Crippen LogP contribution in [0, 0.1) is 19.7 Å². The minimum Gasteiger partial charge on any atom is -0.387 e. The molecule has 6 nitrogen and oxygen atoms in total. The maximum Gasteiger partial charge on any atom is 0.314 e. The van der Waals surface area contributed by atoms with Crippen LogP contribution in [0.25, 0.3) is 0 Å². The summed E-state index contributed by atoms with van der Waals surface area (Å²) in [4.78, 5) is 11.7. The molecule has 0 saturated carbocycles. The summed E-state index contributed by atoms with van der Waals surface area (Å²) in [6.07, 6.45) is -0.110. The second-order valence-corrected chi connectivity index (χ2v) is 5.71. The molecule has 1 unspecified atom stereocenters. The highest BCUT2D eigenvalue weighted by atomic mass is 19.1. The number of nitrogens with zero attached hydrogens (tertiary/aromatic N) is 2. The Balaban J connectivity index is 1.64. The summed E-state index contributed by atoms with van der Waals surface area (Å²) in [5, 5.41) is 19.6. The fraction of sp³-hybridized carbons (Fsp3) is 0.412. The van der Waals surface area contributed by atoms with Crippen molar-refractivity contribution in [2.45, 2.75) is 32.9 Å². The van der Waals surface area contributed by atoms with Gasteiger partial charge in [-0.05, 0) is 44.0 Å². The molecule has 0 bridgehead atoms. The molecule has 2 aromatic rings. The van der Waals surface area contributed by atoms with Crippen LogP contribution < -0.4 is 10.6 Å². The van der Waals surface area contributed by atoms with Crippen LogP contribution in [0.3, 0.4) is 0 Å². The molecule has 0 saturated heterocycles. The van der Waals surface area contributed by atoms with Gasteiger partial charge in [0.15, 0.2) is 0 Å². The van der Waals surface area contributed by atoms with E-state index < -0.39 is 6.10 Å². The van der Waals surface area contributed by atoms with E-state index in [1.54, 1.807) is 0 Å². The second kappa shape index (κ2) is 8.44. The molecule has 0 aliphatic carbocycles. The first kappa shape index (κ1) is 17.9. The summed E-state index contributed by atoms with van der Waals surface area (Å²) in [6.45, 7) is 5.25. The lowest BCUT2D eigenvalue weighted by Crippen LogP contribution is -2.38. The zero-order valence-corrected chi connectivity index (χ0v) is 13.9. The van der Waals surface area contributed by atoms with Crippen molar-refractivity contribution in [3.63, 3.8) is 0 Å².